The van der Waals surface area contributed by atoms with Gasteiger partial charge in [0.1, 0.15) is 6.54 Å². The molecule has 0 radical (unpaired) electrons. The van der Waals surface area contributed by atoms with E-state index in [1.807, 2.05) is 25.2 Å². The summed E-state index contributed by atoms with van der Waals surface area (Å²) in [7, 11) is 3.27. The largest absolute Gasteiger partial charge is 0.465 e. The smallest absolute Gasteiger partial charge is 0.337 e. The van der Waals surface area contributed by atoms with Crippen LogP contribution >= 0.6 is 11.6 Å². The molecule has 0 heterocycles. The number of hydrogen-bond donors (Lipinski definition) is 2. The van der Waals surface area contributed by atoms with Crippen LogP contribution in [0.15, 0.2) is 48.5 Å². The number of esters is 1. The number of rotatable bonds is 6. The van der Waals surface area contributed by atoms with Gasteiger partial charge in [-0.05, 0) is 24.3 Å². The monoisotopic (exact) mass is 347 g/mol. The third-order valence-corrected chi connectivity index (χ3v) is 3.79. The molecule has 0 bridgehead atoms. The Morgan fingerprint density at radius 1 is 1.17 bits per heavy atom. The second kappa shape index (κ2) is 8.47. The molecule has 6 heteroatoms. The predicted octanol–water partition coefficient (Wildman–Crippen LogP) is 1.78. The van der Waals surface area contributed by atoms with Crippen molar-refractivity contribution < 1.29 is 19.2 Å². The van der Waals surface area contributed by atoms with Crippen LogP contribution in [-0.2, 0) is 16.1 Å². The molecule has 2 aromatic carbocycles. The van der Waals surface area contributed by atoms with E-state index in [1.165, 1.54) is 7.11 Å². The van der Waals surface area contributed by atoms with Crippen LogP contribution in [0.25, 0.3) is 0 Å². The van der Waals surface area contributed by atoms with Crippen LogP contribution in [0.1, 0.15) is 15.9 Å². The summed E-state index contributed by atoms with van der Waals surface area (Å²) < 4.78 is 4.72. The highest BCUT2D eigenvalue weighted by Crippen LogP contribution is 2.19. The maximum absolute atomic E-state index is 12.1. The molecule has 0 fully saturated rings. The van der Waals surface area contributed by atoms with Crippen LogP contribution in [0.2, 0.25) is 5.02 Å². The van der Waals surface area contributed by atoms with Crippen molar-refractivity contribution in [3.05, 3.63) is 64.7 Å². The summed E-state index contributed by atoms with van der Waals surface area (Å²) in [5, 5.41) is 3.31. The second-order valence-corrected chi connectivity index (χ2v) is 5.94. The number of halogens is 1. The van der Waals surface area contributed by atoms with Crippen LogP contribution in [0.4, 0.5) is 5.69 Å². The van der Waals surface area contributed by atoms with Crippen LogP contribution < -0.4 is 10.2 Å². The minimum Gasteiger partial charge on any atom is -0.465 e. The van der Waals surface area contributed by atoms with Gasteiger partial charge in [-0.15, -0.1) is 0 Å². The van der Waals surface area contributed by atoms with Gasteiger partial charge in [-0.2, -0.15) is 0 Å². The van der Waals surface area contributed by atoms with Gasteiger partial charge in [-0.1, -0.05) is 35.9 Å². The Kier molecular flexibility index (Phi) is 6.35. The van der Waals surface area contributed by atoms with E-state index in [9.17, 15) is 9.59 Å². The lowest BCUT2D eigenvalue weighted by Crippen LogP contribution is -3.08. The minimum atomic E-state index is -0.369. The van der Waals surface area contributed by atoms with Gasteiger partial charge in [0.15, 0.2) is 6.54 Å². The number of hydrogen-bond acceptors (Lipinski definition) is 3. The van der Waals surface area contributed by atoms with Crippen LogP contribution in [0.3, 0.4) is 0 Å². The molecule has 1 atom stereocenters. The van der Waals surface area contributed by atoms with Gasteiger partial charge >= 0.3 is 5.97 Å². The molecule has 2 N–H and O–H groups in total. The van der Waals surface area contributed by atoms with Crippen molar-refractivity contribution in [3.8, 4) is 0 Å². The molecule has 0 aliphatic carbocycles. The summed E-state index contributed by atoms with van der Waals surface area (Å²) in [6.45, 7) is 0.897. The fraction of sp³-hybridized carbons (Fsp3) is 0.222. The summed E-state index contributed by atoms with van der Waals surface area (Å²) in [4.78, 5) is 24.7. The van der Waals surface area contributed by atoms with E-state index in [1.54, 1.807) is 30.3 Å². The Bertz CT molecular complexity index is 734. The maximum atomic E-state index is 12.1. The molecule has 0 saturated carbocycles. The third-order valence-electron chi connectivity index (χ3n) is 3.46. The molecule has 0 saturated heterocycles. The number of ether oxygens (including phenoxy) is 1. The van der Waals surface area contributed by atoms with Gasteiger partial charge in [0.25, 0.3) is 5.91 Å². The lowest BCUT2D eigenvalue weighted by molar-refractivity contribution is -0.885. The number of quaternary nitrogens is 1. The number of carbonyl (C=O) groups excluding carboxylic acids is 2. The van der Waals surface area contributed by atoms with Gasteiger partial charge < -0.3 is 15.0 Å². The number of benzene rings is 2. The van der Waals surface area contributed by atoms with E-state index in [-0.39, 0.29) is 18.4 Å². The average molecular weight is 348 g/mol. The number of likely N-dealkylation sites (N-methyl/N-ethyl adjacent to an activating group) is 1. The Labute approximate surface area is 146 Å². The van der Waals surface area contributed by atoms with Gasteiger partial charge in [0, 0.05) is 5.56 Å². The topological polar surface area (TPSA) is 59.8 Å². The number of nitrogens with one attached hydrogen (secondary N) is 2. The van der Waals surface area contributed by atoms with Gasteiger partial charge in [0.05, 0.1) is 30.4 Å². The Morgan fingerprint density at radius 2 is 1.92 bits per heavy atom. The minimum absolute atomic E-state index is 0.121. The van der Waals surface area contributed by atoms with Crippen LogP contribution in [0, 0.1) is 0 Å². The summed E-state index contributed by atoms with van der Waals surface area (Å²) in [6.07, 6.45) is 0. The number of methoxy groups -OCH3 is 1. The van der Waals surface area contributed by atoms with Gasteiger partial charge in [-0.3, -0.25) is 4.79 Å². The first-order valence-corrected chi connectivity index (χ1v) is 7.90. The highest BCUT2D eigenvalue weighted by Gasteiger charge is 2.13. The average Bonchev–Trinajstić information content (AvgIpc) is 2.56. The first-order chi connectivity index (χ1) is 11.5. The molecule has 0 aliphatic heterocycles. The van der Waals surface area contributed by atoms with Crippen molar-refractivity contribution in [2.24, 2.45) is 0 Å². The molecule has 2 aromatic rings. The zero-order valence-corrected chi connectivity index (χ0v) is 14.4. The van der Waals surface area contributed by atoms with Crippen molar-refractivity contribution in [1.82, 2.24) is 0 Å². The summed E-state index contributed by atoms with van der Waals surface area (Å²) in [6, 6.07) is 14.3. The third kappa shape index (κ3) is 5.08. The molecular formula is C18H20ClN2O3+. The molecule has 0 aromatic heterocycles. The summed E-state index contributed by atoms with van der Waals surface area (Å²) >= 11 is 6.03. The lowest BCUT2D eigenvalue weighted by atomic mass is 10.1. The lowest BCUT2D eigenvalue weighted by Gasteiger charge is -2.14. The highest BCUT2D eigenvalue weighted by atomic mass is 35.5. The first-order valence-electron chi connectivity index (χ1n) is 7.52. The molecule has 5 nitrogen and oxygen atoms in total. The second-order valence-electron chi connectivity index (χ2n) is 5.53. The molecular weight excluding hydrogens is 328 g/mol. The van der Waals surface area contributed by atoms with E-state index in [4.69, 9.17) is 16.3 Å². The molecule has 126 valence electrons. The van der Waals surface area contributed by atoms with E-state index in [0.29, 0.717) is 22.8 Å². The van der Waals surface area contributed by atoms with E-state index < -0.39 is 0 Å². The zero-order valence-electron chi connectivity index (χ0n) is 13.6. The van der Waals surface area contributed by atoms with Crippen LogP contribution in [0.5, 0.6) is 0 Å². The van der Waals surface area contributed by atoms with Crippen molar-refractivity contribution in [1.29, 1.82) is 0 Å². The van der Waals surface area contributed by atoms with E-state index in [2.05, 4.69) is 5.32 Å². The number of amides is 1. The number of carbonyl (C=O) groups is 2. The quantitative estimate of drug-likeness (QED) is 0.783. The molecule has 1 unspecified atom stereocenters. The molecule has 2 rings (SSSR count). The first kappa shape index (κ1) is 18.0. The van der Waals surface area contributed by atoms with Gasteiger partial charge in [0.2, 0.25) is 0 Å². The Balaban J connectivity index is 1.93. The van der Waals surface area contributed by atoms with E-state index >= 15 is 0 Å². The predicted molar refractivity (Wildman–Crippen MR) is 93.3 cm³/mol. The zero-order chi connectivity index (χ0) is 17.5. The maximum Gasteiger partial charge on any atom is 0.337 e. The molecule has 24 heavy (non-hydrogen) atoms. The normalized spacial score (nSPS) is 11.6. The molecule has 0 aliphatic rings. The van der Waals surface area contributed by atoms with E-state index in [0.717, 1.165) is 10.5 Å². The fourth-order valence-electron chi connectivity index (χ4n) is 2.37. The van der Waals surface area contributed by atoms with Crippen molar-refractivity contribution >= 4 is 29.2 Å². The number of para-hydroxylation sites is 1. The number of anilines is 1. The standard InChI is InChI=1S/C18H19ClN2O3/c1-21(11-13-6-5-7-14(10-13)18(23)24-2)12-17(22)20-16-9-4-3-8-15(16)19/h3-10H,11-12H2,1-2H3,(H,20,22)/p+1. The van der Waals surface area contributed by atoms with Gasteiger partial charge in [-0.25, -0.2) is 4.79 Å². The fourth-order valence-corrected chi connectivity index (χ4v) is 2.55. The molecule has 1 amide bonds. The van der Waals surface area contributed by atoms with Crippen molar-refractivity contribution in [2.45, 2.75) is 6.54 Å². The highest BCUT2D eigenvalue weighted by molar-refractivity contribution is 6.33. The van der Waals surface area contributed by atoms with Crippen molar-refractivity contribution in [3.63, 3.8) is 0 Å². The van der Waals surface area contributed by atoms with Crippen LogP contribution in [-0.4, -0.2) is 32.6 Å². The molecule has 0 spiro atoms. The SMILES string of the molecule is COC(=O)c1cccc(C[NH+](C)CC(=O)Nc2ccccc2Cl)c1. The van der Waals surface area contributed by atoms with Crippen molar-refractivity contribution in [2.75, 3.05) is 26.0 Å². The Hall–Kier alpha value is -2.37. The Morgan fingerprint density at radius 3 is 2.62 bits per heavy atom. The summed E-state index contributed by atoms with van der Waals surface area (Å²) in [5.74, 6) is -0.490. The summed E-state index contributed by atoms with van der Waals surface area (Å²) in [5.41, 5.74) is 2.06.